The van der Waals surface area contributed by atoms with Gasteiger partial charge < -0.3 is 19.3 Å². The van der Waals surface area contributed by atoms with Gasteiger partial charge in [0.25, 0.3) is 0 Å². The van der Waals surface area contributed by atoms with Crippen molar-refractivity contribution >= 4 is 5.97 Å². The van der Waals surface area contributed by atoms with Crippen LogP contribution in [0.4, 0.5) is 0 Å². The summed E-state index contributed by atoms with van der Waals surface area (Å²) in [4.78, 5) is 11.6. The summed E-state index contributed by atoms with van der Waals surface area (Å²) < 4.78 is 18.8. The number of aliphatic hydroxyl groups is 1. The molecule has 5 aliphatic rings. The minimum Gasteiger partial charge on any atom is -0.465 e. The van der Waals surface area contributed by atoms with E-state index < -0.39 is 17.3 Å². The third-order valence-electron chi connectivity index (χ3n) is 9.97. The van der Waals surface area contributed by atoms with Crippen LogP contribution in [0, 0.1) is 34.0 Å². The molecule has 0 unspecified atom stereocenters. The molecular weight excluding hydrogens is 380 g/mol. The fourth-order valence-electron chi connectivity index (χ4n) is 8.72. The lowest BCUT2D eigenvalue weighted by molar-refractivity contribution is -0.377. The molecule has 30 heavy (non-hydrogen) atoms. The Balaban J connectivity index is 1.60. The van der Waals surface area contributed by atoms with Crippen LogP contribution in [0.3, 0.4) is 0 Å². The molecule has 1 aliphatic heterocycles. The molecule has 5 nitrogen and oxygen atoms in total. The Labute approximate surface area is 180 Å². The molecule has 0 aromatic carbocycles. The highest BCUT2D eigenvalue weighted by Gasteiger charge is 2.74. The summed E-state index contributed by atoms with van der Waals surface area (Å²) in [7, 11) is 0. The van der Waals surface area contributed by atoms with Crippen molar-refractivity contribution < 1.29 is 24.1 Å². The average Bonchev–Trinajstić information content (AvgIpc) is 2.87. The SMILES string of the molecule is C=C1[C@@H]2CC[C@H]3[C@]4(C)CC[C@@H](O)[C@](C)(COC(C)=O)[C@H]4C[C@@H]4OC(C)(C)O[C@@H]1[C@@]43C2. The number of carbonyl (C=O) groups is 1. The summed E-state index contributed by atoms with van der Waals surface area (Å²) in [5, 5.41) is 11.1. The number of rotatable bonds is 2. The van der Waals surface area contributed by atoms with Crippen LogP contribution in [0.2, 0.25) is 0 Å². The summed E-state index contributed by atoms with van der Waals surface area (Å²) >= 11 is 0. The lowest BCUT2D eigenvalue weighted by atomic mass is 9.39. The van der Waals surface area contributed by atoms with Gasteiger partial charge in [-0.1, -0.05) is 20.4 Å². The van der Waals surface area contributed by atoms with Crippen LogP contribution in [-0.4, -0.2) is 41.8 Å². The fourth-order valence-corrected chi connectivity index (χ4v) is 8.72. The monoisotopic (exact) mass is 418 g/mol. The standard InChI is InChI=1S/C25H38O5/c1-14-16-7-8-17-23(5)10-9-19(27)24(6,13-28-15(2)26)18(23)11-20-25(17,12-16)21(14)30-22(3,4)29-20/h16-21,27H,1,7-13H2,2-6H3/t16-,17+,18+,19-,20+,21+,23+,24-,25-/m1/s1. The van der Waals surface area contributed by atoms with E-state index in [0.29, 0.717) is 11.8 Å². The third kappa shape index (κ3) is 2.55. The first-order valence-corrected chi connectivity index (χ1v) is 11.8. The van der Waals surface area contributed by atoms with Crippen LogP contribution in [0.25, 0.3) is 0 Å². The topological polar surface area (TPSA) is 65.0 Å². The Bertz CT molecular complexity index is 776. The minimum atomic E-state index is -0.640. The zero-order valence-electron chi connectivity index (χ0n) is 19.2. The van der Waals surface area contributed by atoms with Crippen LogP contribution in [0.5, 0.6) is 0 Å². The molecule has 4 aliphatic carbocycles. The second-order valence-corrected chi connectivity index (χ2v) is 11.9. The van der Waals surface area contributed by atoms with Crippen LogP contribution in [0.1, 0.15) is 73.1 Å². The molecule has 1 saturated heterocycles. The summed E-state index contributed by atoms with van der Waals surface area (Å²) in [5.41, 5.74) is 0.867. The average molecular weight is 419 g/mol. The van der Waals surface area contributed by atoms with Gasteiger partial charge in [-0.25, -0.2) is 0 Å². The molecule has 1 spiro atoms. The molecule has 5 rings (SSSR count). The molecule has 0 aromatic rings. The van der Waals surface area contributed by atoms with Gasteiger partial charge >= 0.3 is 5.97 Å². The molecule has 9 atom stereocenters. The van der Waals surface area contributed by atoms with Gasteiger partial charge in [-0.15, -0.1) is 0 Å². The minimum absolute atomic E-state index is 0.00853. The third-order valence-corrected chi connectivity index (χ3v) is 9.97. The Morgan fingerprint density at radius 2 is 1.90 bits per heavy atom. The lowest BCUT2D eigenvalue weighted by Gasteiger charge is -2.69. The molecule has 0 radical (unpaired) electrons. The van der Waals surface area contributed by atoms with E-state index in [0.717, 1.165) is 32.1 Å². The van der Waals surface area contributed by atoms with Crippen molar-refractivity contribution in [2.75, 3.05) is 6.61 Å². The summed E-state index contributed by atoms with van der Waals surface area (Å²) in [6, 6.07) is 0. The number of esters is 1. The van der Waals surface area contributed by atoms with Crippen molar-refractivity contribution in [3.63, 3.8) is 0 Å². The first-order chi connectivity index (χ1) is 13.9. The maximum Gasteiger partial charge on any atom is 0.302 e. The highest BCUT2D eigenvalue weighted by molar-refractivity contribution is 5.65. The predicted molar refractivity (Wildman–Crippen MR) is 112 cm³/mol. The summed E-state index contributed by atoms with van der Waals surface area (Å²) in [5.74, 6) is 0.314. The van der Waals surface area contributed by atoms with E-state index in [1.807, 2.05) is 13.8 Å². The van der Waals surface area contributed by atoms with Gasteiger partial charge in [-0.05, 0) is 81.1 Å². The second-order valence-electron chi connectivity index (χ2n) is 11.9. The van der Waals surface area contributed by atoms with Gasteiger partial charge in [0.05, 0.1) is 24.9 Å². The summed E-state index contributed by atoms with van der Waals surface area (Å²) in [6.07, 6.45) is 5.76. The zero-order valence-corrected chi connectivity index (χ0v) is 19.2. The van der Waals surface area contributed by atoms with Crippen LogP contribution in [-0.2, 0) is 19.0 Å². The maximum atomic E-state index is 11.6. The molecule has 5 heteroatoms. The molecule has 2 bridgehead atoms. The molecule has 5 fully saturated rings. The zero-order chi connectivity index (χ0) is 21.7. The molecule has 1 N–H and O–H groups in total. The van der Waals surface area contributed by atoms with Crippen molar-refractivity contribution in [3.05, 3.63) is 12.2 Å². The van der Waals surface area contributed by atoms with Crippen molar-refractivity contribution in [3.8, 4) is 0 Å². The van der Waals surface area contributed by atoms with E-state index >= 15 is 0 Å². The van der Waals surface area contributed by atoms with Crippen molar-refractivity contribution in [1.82, 2.24) is 0 Å². The van der Waals surface area contributed by atoms with Crippen LogP contribution < -0.4 is 0 Å². The van der Waals surface area contributed by atoms with Crippen molar-refractivity contribution in [2.45, 2.75) is 97.2 Å². The fraction of sp³-hybridized carbons (Fsp3) is 0.880. The number of carbonyl (C=O) groups excluding carboxylic acids is 1. The lowest BCUT2D eigenvalue weighted by Crippen LogP contribution is -2.70. The van der Waals surface area contributed by atoms with Gasteiger partial charge in [0.1, 0.15) is 0 Å². The van der Waals surface area contributed by atoms with E-state index in [2.05, 4.69) is 20.4 Å². The van der Waals surface area contributed by atoms with E-state index in [-0.39, 0.29) is 41.5 Å². The number of aliphatic hydroxyl groups excluding tert-OH is 1. The van der Waals surface area contributed by atoms with Crippen molar-refractivity contribution in [1.29, 1.82) is 0 Å². The number of ether oxygens (including phenoxy) is 3. The van der Waals surface area contributed by atoms with Gasteiger partial charge in [0.15, 0.2) is 5.79 Å². The normalized spacial score (nSPS) is 53.6. The molecular formula is C25H38O5. The van der Waals surface area contributed by atoms with E-state index in [9.17, 15) is 9.90 Å². The van der Waals surface area contributed by atoms with Gasteiger partial charge in [-0.3, -0.25) is 4.79 Å². The van der Waals surface area contributed by atoms with Crippen LogP contribution in [0.15, 0.2) is 12.2 Å². The molecule has 1 heterocycles. The van der Waals surface area contributed by atoms with E-state index in [1.54, 1.807) is 0 Å². The number of hydrogen-bond donors (Lipinski definition) is 1. The Morgan fingerprint density at radius 3 is 2.60 bits per heavy atom. The highest BCUT2D eigenvalue weighted by Crippen LogP contribution is 2.74. The Hall–Kier alpha value is -0.910. The highest BCUT2D eigenvalue weighted by atomic mass is 16.7. The predicted octanol–water partition coefficient (Wildman–Crippen LogP) is 4.23. The number of hydrogen-bond acceptors (Lipinski definition) is 5. The molecule has 0 amide bonds. The largest absolute Gasteiger partial charge is 0.465 e. The second kappa shape index (κ2) is 6.32. The smallest absolute Gasteiger partial charge is 0.302 e. The van der Waals surface area contributed by atoms with Gasteiger partial charge in [0, 0.05) is 17.8 Å². The molecule has 4 saturated carbocycles. The maximum absolute atomic E-state index is 11.6. The summed E-state index contributed by atoms with van der Waals surface area (Å²) in [6.45, 7) is 14.8. The number of fused-ring (bicyclic) bond motifs is 3. The molecule has 0 aromatic heterocycles. The van der Waals surface area contributed by atoms with Gasteiger partial charge in [0.2, 0.25) is 0 Å². The Kier molecular flexibility index (Phi) is 4.42. The van der Waals surface area contributed by atoms with Crippen LogP contribution >= 0.6 is 0 Å². The first-order valence-electron chi connectivity index (χ1n) is 11.8. The van der Waals surface area contributed by atoms with E-state index in [4.69, 9.17) is 14.2 Å². The van der Waals surface area contributed by atoms with Crippen molar-refractivity contribution in [2.24, 2.45) is 34.0 Å². The van der Waals surface area contributed by atoms with Gasteiger partial charge in [-0.2, -0.15) is 0 Å². The first kappa shape index (κ1) is 21.0. The quantitative estimate of drug-likeness (QED) is 0.537. The Morgan fingerprint density at radius 1 is 1.17 bits per heavy atom. The van der Waals surface area contributed by atoms with E-state index in [1.165, 1.54) is 18.9 Å². The molecule has 168 valence electrons.